The molecule has 11 N–H and O–H groups in total. The van der Waals surface area contributed by atoms with E-state index < -0.39 is 60.2 Å². The molecule has 3 amide bonds. The number of hydrogen-bond acceptors (Lipinski definition) is 8. The van der Waals surface area contributed by atoms with Gasteiger partial charge >= 0.3 is 11.9 Å². The van der Waals surface area contributed by atoms with Crippen LogP contribution in [-0.4, -0.2) is 77.1 Å². The first-order valence-corrected chi connectivity index (χ1v) is 11.9. The highest BCUT2D eigenvalue weighted by Gasteiger charge is 2.30. The fraction of sp³-hybridized carbons (Fsp3) is 0.773. The molecule has 0 aliphatic carbocycles. The minimum Gasteiger partial charge on any atom is -0.481 e. The molecule has 0 spiro atoms. The monoisotopic (exact) mass is 502 g/mol. The molecule has 0 saturated carbocycles. The average Bonchev–Trinajstić information content (AvgIpc) is 2.76. The minimum atomic E-state index is -1.34. The van der Waals surface area contributed by atoms with E-state index in [-0.39, 0.29) is 25.2 Å². The van der Waals surface area contributed by atoms with E-state index in [2.05, 4.69) is 16.0 Å². The lowest BCUT2D eigenvalue weighted by Gasteiger charge is -2.26. The fourth-order valence-electron chi connectivity index (χ4n) is 3.32. The summed E-state index contributed by atoms with van der Waals surface area (Å²) < 4.78 is 0. The number of amides is 3. The molecule has 4 unspecified atom stereocenters. The van der Waals surface area contributed by atoms with E-state index in [0.29, 0.717) is 38.8 Å². The molecule has 0 aromatic carbocycles. The zero-order valence-corrected chi connectivity index (χ0v) is 20.6. The topological polar surface area (TPSA) is 240 Å². The van der Waals surface area contributed by atoms with Gasteiger partial charge in [-0.25, -0.2) is 4.79 Å². The first-order valence-electron chi connectivity index (χ1n) is 11.9. The second kappa shape index (κ2) is 17.6. The van der Waals surface area contributed by atoms with Gasteiger partial charge < -0.3 is 43.4 Å². The Morgan fingerprint density at radius 1 is 0.714 bits per heavy atom. The van der Waals surface area contributed by atoms with Crippen LogP contribution < -0.4 is 33.2 Å². The van der Waals surface area contributed by atoms with Gasteiger partial charge in [-0.3, -0.25) is 19.2 Å². The van der Waals surface area contributed by atoms with Crippen LogP contribution in [0.25, 0.3) is 0 Å². The quantitative estimate of drug-likeness (QED) is 0.0963. The molecular weight excluding hydrogens is 460 g/mol. The van der Waals surface area contributed by atoms with E-state index in [4.69, 9.17) is 22.3 Å². The molecule has 0 saturated heterocycles. The van der Waals surface area contributed by atoms with Crippen molar-refractivity contribution in [3.05, 3.63) is 0 Å². The Hall–Kier alpha value is -2.77. The molecule has 0 aromatic rings. The number of carboxylic acid groups (broad SMARTS) is 2. The largest absolute Gasteiger partial charge is 0.481 e. The molecule has 4 atom stereocenters. The molecule has 0 radical (unpaired) electrons. The maximum absolute atomic E-state index is 13.0. The number of nitrogens with two attached hydrogens (primary N) is 3. The van der Waals surface area contributed by atoms with Gasteiger partial charge in [0, 0.05) is 0 Å². The number of aliphatic carboxylic acids is 2. The van der Waals surface area contributed by atoms with Gasteiger partial charge in [0.2, 0.25) is 17.7 Å². The summed E-state index contributed by atoms with van der Waals surface area (Å²) in [7, 11) is 0. The molecule has 0 bridgehead atoms. The lowest BCUT2D eigenvalue weighted by molar-refractivity contribution is -0.142. The smallest absolute Gasteiger partial charge is 0.326 e. The average molecular weight is 503 g/mol. The Morgan fingerprint density at radius 2 is 1.17 bits per heavy atom. The van der Waals surface area contributed by atoms with Crippen molar-refractivity contribution in [3.63, 3.8) is 0 Å². The molecule has 13 nitrogen and oxygen atoms in total. The van der Waals surface area contributed by atoms with Crippen LogP contribution in [0.5, 0.6) is 0 Å². The molecule has 0 aliphatic rings. The molecule has 0 rings (SSSR count). The van der Waals surface area contributed by atoms with Crippen molar-refractivity contribution in [3.8, 4) is 0 Å². The third-order valence-electron chi connectivity index (χ3n) is 5.21. The van der Waals surface area contributed by atoms with Crippen LogP contribution >= 0.6 is 0 Å². The summed E-state index contributed by atoms with van der Waals surface area (Å²) >= 11 is 0. The summed E-state index contributed by atoms with van der Waals surface area (Å²) in [5.41, 5.74) is 16.6. The Morgan fingerprint density at radius 3 is 1.63 bits per heavy atom. The summed E-state index contributed by atoms with van der Waals surface area (Å²) in [6.07, 6.45) is 2.23. The number of unbranched alkanes of at least 4 members (excludes halogenated alkanes) is 2. The van der Waals surface area contributed by atoms with Gasteiger partial charge in [-0.1, -0.05) is 13.8 Å². The Bertz CT molecular complexity index is 704. The predicted octanol–water partition coefficient (Wildman–Crippen LogP) is -1.37. The number of carbonyl (C=O) groups excluding carboxylic acids is 3. The number of hydrogen-bond donors (Lipinski definition) is 8. The van der Waals surface area contributed by atoms with Gasteiger partial charge in [-0.15, -0.1) is 0 Å². The van der Waals surface area contributed by atoms with Crippen molar-refractivity contribution in [2.75, 3.05) is 13.1 Å². The highest BCUT2D eigenvalue weighted by Crippen LogP contribution is 2.09. The zero-order chi connectivity index (χ0) is 27.0. The zero-order valence-electron chi connectivity index (χ0n) is 20.6. The van der Waals surface area contributed by atoms with Crippen LogP contribution in [0.1, 0.15) is 65.2 Å². The van der Waals surface area contributed by atoms with E-state index in [0.717, 1.165) is 0 Å². The van der Waals surface area contributed by atoms with E-state index >= 15 is 0 Å². The van der Waals surface area contributed by atoms with Crippen molar-refractivity contribution in [1.29, 1.82) is 0 Å². The van der Waals surface area contributed by atoms with Crippen LogP contribution in [0.3, 0.4) is 0 Å². The Balaban J connectivity index is 5.48. The summed E-state index contributed by atoms with van der Waals surface area (Å²) in [5, 5.41) is 25.8. The van der Waals surface area contributed by atoms with Gasteiger partial charge in [0.05, 0.1) is 12.5 Å². The predicted molar refractivity (Wildman–Crippen MR) is 129 cm³/mol. The summed E-state index contributed by atoms with van der Waals surface area (Å²) in [6.45, 7) is 4.44. The van der Waals surface area contributed by atoms with Crippen molar-refractivity contribution in [1.82, 2.24) is 16.0 Å². The van der Waals surface area contributed by atoms with Gasteiger partial charge in [0.25, 0.3) is 0 Å². The number of rotatable bonds is 19. The molecule has 35 heavy (non-hydrogen) atoms. The minimum absolute atomic E-state index is 0.0230. The molecule has 0 heterocycles. The second-order valence-corrected chi connectivity index (χ2v) is 8.92. The van der Waals surface area contributed by atoms with Gasteiger partial charge in [0.15, 0.2) is 0 Å². The SMILES string of the molecule is CC(C)CC(NC(=O)C(N)CC(=O)O)C(=O)NC(CCCCN)C(=O)NC(CCCCN)C(=O)O. The molecular formula is C22H42N6O7. The van der Waals surface area contributed by atoms with Gasteiger partial charge in [-0.2, -0.15) is 0 Å². The van der Waals surface area contributed by atoms with Crippen LogP contribution in [0.4, 0.5) is 0 Å². The Kier molecular flexibility index (Phi) is 16.2. The van der Waals surface area contributed by atoms with Crippen molar-refractivity contribution >= 4 is 29.7 Å². The van der Waals surface area contributed by atoms with Crippen molar-refractivity contribution in [2.24, 2.45) is 23.1 Å². The summed E-state index contributed by atoms with van der Waals surface area (Å²) in [6, 6.07) is -4.59. The van der Waals surface area contributed by atoms with E-state index in [9.17, 15) is 29.1 Å². The molecule has 0 aromatic heterocycles. The summed E-state index contributed by atoms with van der Waals surface area (Å²) in [4.78, 5) is 60.6. The third-order valence-corrected chi connectivity index (χ3v) is 5.21. The van der Waals surface area contributed by atoms with Crippen LogP contribution in [0.2, 0.25) is 0 Å². The van der Waals surface area contributed by atoms with Gasteiger partial charge in [0.1, 0.15) is 18.1 Å². The first kappa shape index (κ1) is 32.2. The van der Waals surface area contributed by atoms with E-state index in [1.54, 1.807) is 0 Å². The standard InChI is InChI=1S/C22H42N6O7/c1-13(2)11-17(28-19(31)14(25)12-18(29)30)21(33)26-15(7-3-5-9-23)20(32)27-16(22(34)35)8-4-6-10-24/h13-17H,3-12,23-25H2,1-2H3,(H,26,33)(H,27,32)(H,28,31)(H,29,30)(H,34,35). The number of carboxylic acids is 2. The van der Waals surface area contributed by atoms with Crippen molar-refractivity contribution in [2.45, 2.75) is 89.4 Å². The third kappa shape index (κ3) is 14.3. The second-order valence-electron chi connectivity index (χ2n) is 8.92. The lowest BCUT2D eigenvalue weighted by Crippen LogP contribution is -2.57. The molecule has 0 fully saturated rings. The molecule has 0 aliphatic heterocycles. The van der Waals surface area contributed by atoms with Gasteiger partial charge in [-0.05, 0) is 64.0 Å². The molecule has 13 heteroatoms. The molecule has 202 valence electrons. The maximum atomic E-state index is 13.0. The highest BCUT2D eigenvalue weighted by atomic mass is 16.4. The van der Waals surface area contributed by atoms with Crippen LogP contribution in [0, 0.1) is 5.92 Å². The van der Waals surface area contributed by atoms with Crippen LogP contribution in [-0.2, 0) is 24.0 Å². The highest BCUT2D eigenvalue weighted by molar-refractivity contribution is 5.94. The Labute approximate surface area is 205 Å². The van der Waals surface area contributed by atoms with E-state index in [1.807, 2.05) is 13.8 Å². The van der Waals surface area contributed by atoms with E-state index in [1.165, 1.54) is 0 Å². The summed E-state index contributed by atoms with van der Waals surface area (Å²) in [5.74, 6) is -4.59. The lowest BCUT2D eigenvalue weighted by atomic mass is 10.0. The normalized spacial score (nSPS) is 14.5. The first-order chi connectivity index (χ1) is 16.4. The maximum Gasteiger partial charge on any atom is 0.326 e. The number of nitrogens with one attached hydrogen (secondary N) is 3. The number of carbonyl (C=O) groups is 5. The van der Waals surface area contributed by atoms with Crippen molar-refractivity contribution < 1.29 is 34.2 Å². The van der Waals surface area contributed by atoms with Crippen LogP contribution in [0.15, 0.2) is 0 Å². The fourth-order valence-corrected chi connectivity index (χ4v) is 3.32.